The second kappa shape index (κ2) is 9.24. The Morgan fingerprint density at radius 1 is 1.00 bits per heavy atom. The lowest BCUT2D eigenvalue weighted by atomic mass is 10.1. The molecule has 1 saturated heterocycles. The summed E-state index contributed by atoms with van der Waals surface area (Å²) >= 11 is 26.9. The van der Waals surface area contributed by atoms with Crippen LogP contribution >= 0.6 is 63.0 Å². The van der Waals surface area contributed by atoms with Crippen LogP contribution in [0.3, 0.4) is 0 Å². The molecule has 0 N–H and O–H groups in total. The number of amides is 2. The van der Waals surface area contributed by atoms with E-state index in [0.29, 0.717) is 30.9 Å². The van der Waals surface area contributed by atoms with Crippen molar-refractivity contribution in [2.75, 3.05) is 14.1 Å². The minimum Gasteiger partial charge on any atom is -0.486 e. The van der Waals surface area contributed by atoms with Crippen molar-refractivity contribution < 1.29 is 14.3 Å². The number of carbonyl (C=O) groups is 2. The quantitative estimate of drug-likeness (QED) is 0.284. The molecule has 2 aromatic carbocycles. The van der Waals surface area contributed by atoms with Gasteiger partial charge in [-0.1, -0.05) is 40.9 Å². The first-order chi connectivity index (χ1) is 14.1. The smallest absolute Gasteiger partial charge is 0.265 e. The zero-order valence-electron chi connectivity index (χ0n) is 15.7. The number of hydrogen-bond acceptors (Lipinski definition) is 4. The van der Waals surface area contributed by atoms with Crippen molar-refractivity contribution in [1.29, 1.82) is 0 Å². The number of benzene rings is 2. The summed E-state index contributed by atoms with van der Waals surface area (Å²) in [6, 6.07) is 8.51. The van der Waals surface area contributed by atoms with E-state index in [1.807, 2.05) is 0 Å². The molecule has 1 aliphatic heterocycles. The fourth-order valence-corrected chi connectivity index (χ4v) is 4.20. The Bertz CT molecular complexity index is 1060. The Hall–Kier alpha value is -1.64. The van der Waals surface area contributed by atoms with Gasteiger partial charge in [0.15, 0.2) is 10.9 Å². The van der Waals surface area contributed by atoms with E-state index < -0.39 is 11.8 Å². The Labute approximate surface area is 202 Å². The van der Waals surface area contributed by atoms with Gasteiger partial charge in [-0.2, -0.15) is 0 Å². The molecule has 1 fully saturated rings. The monoisotopic (exact) mass is 546 g/mol. The fourth-order valence-electron chi connectivity index (χ4n) is 2.73. The lowest BCUT2D eigenvalue weighted by Gasteiger charge is -2.31. The highest BCUT2D eigenvalue weighted by Crippen LogP contribution is 2.36. The molecule has 10 heteroatoms. The fraction of sp³-hybridized carbons (Fsp3) is 0.150. The molecule has 0 bridgehead atoms. The first-order valence-electron chi connectivity index (χ1n) is 8.47. The number of halogens is 4. The van der Waals surface area contributed by atoms with Crippen LogP contribution in [0.15, 0.2) is 40.4 Å². The van der Waals surface area contributed by atoms with E-state index >= 15 is 0 Å². The lowest BCUT2D eigenvalue weighted by molar-refractivity contribution is -0.132. The van der Waals surface area contributed by atoms with E-state index in [4.69, 9.17) is 51.8 Å². The highest BCUT2D eigenvalue weighted by molar-refractivity contribution is 9.10. The minimum atomic E-state index is -0.477. The lowest BCUT2D eigenvalue weighted by Crippen LogP contribution is -2.52. The van der Waals surface area contributed by atoms with Gasteiger partial charge in [-0.15, -0.1) is 0 Å². The molecular formula is C20H14BrCl3N2O3S. The van der Waals surface area contributed by atoms with Crippen LogP contribution in [0.4, 0.5) is 0 Å². The van der Waals surface area contributed by atoms with E-state index in [-0.39, 0.29) is 17.3 Å². The first kappa shape index (κ1) is 23.0. The summed E-state index contributed by atoms with van der Waals surface area (Å²) in [5.74, 6) is -0.535. The van der Waals surface area contributed by atoms with E-state index in [0.717, 1.165) is 5.56 Å². The maximum Gasteiger partial charge on any atom is 0.265 e. The van der Waals surface area contributed by atoms with Crippen molar-refractivity contribution >= 4 is 86.0 Å². The zero-order chi connectivity index (χ0) is 22.2. The van der Waals surface area contributed by atoms with Crippen LogP contribution in [0, 0.1) is 0 Å². The average Bonchev–Trinajstić information content (AvgIpc) is 2.70. The molecule has 30 heavy (non-hydrogen) atoms. The Morgan fingerprint density at radius 2 is 1.63 bits per heavy atom. The van der Waals surface area contributed by atoms with Gasteiger partial charge in [0.1, 0.15) is 12.2 Å². The average molecular weight is 549 g/mol. The Balaban J connectivity index is 1.86. The van der Waals surface area contributed by atoms with E-state index in [1.165, 1.54) is 30.0 Å². The third-order valence-corrected chi connectivity index (χ3v) is 6.50. The number of ether oxygens (including phenoxy) is 1. The normalized spacial score (nSPS) is 14.5. The molecule has 0 aliphatic carbocycles. The highest BCUT2D eigenvalue weighted by Gasteiger charge is 2.35. The van der Waals surface area contributed by atoms with E-state index in [2.05, 4.69) is 15.9 Å². The number of nitrogens with zero attached hydrogens (tertiary/aromatic N) is 2. The number of rotatable bonds is 4. The first-order valence-corrected chi connectivity index (χ1v) is 10.8. The van der Waals surface area contributed by atoms with Gasteiger partial charge in [0.25, 0.3) is 11.8 Å². The summed E-state index contributed by atoms with van der Waals surface area (Å²) in [5, 5.41) is 1.35. The topological polar surface area (TPSA) is 49.9 Å². The molecule has 5 nitrogen and oxygen atoms in total. The standard InChI is InChI=1S/C20H14BrCl3N2O3S/c1-25-18(27)12(19(28)26(2)20(25)30)5-11-6-13(21)17(16(24)8-11)29-9-10-3-4-14(22)15(23)7-10/h3-8H,9H2,1-2H3. The molecule has 0 unspecified atom stereocenters. The van der Waals surface area contributed by atoms with E-state index in [1.54, 1.807) is 30.3 Å². The molecule has 3 rings (SSSR count). The minimum absolute atomic E-state index is 0.0129. The van der Waals surface area contributed by atoms with Crippen molar-refractivity contribution in [3.8, 4) is 5.75 Å². The number of carbonyl (C=O) groups excluding carboxylic acids is 2. The summed E-state index contributed by atoms with van der Waals surface area (Å²) < 4.78 is 6.38. The Morgan fingerprint density at radius 3 is 2.20 bits per heavy atom. The van der Waals surface area contributed by atoms with E-state index in [9.17, 15) is 9.59 Å². The van der Waals surface area contributed by atoms with Gasteiger partial charge in [0.05, 0.1) is 19.5 Å². The predicted molar refractivity (Wildman–Crippen MR) is 126 cm³/mol. The van der Waals surface area contributed by atoms with Crippen molar-refractivity contribution in [3.05, 3.63) is 66.6 Å². The molecule has 2 aromatic rings. The van der Waals surface area contributed by atoms with Crippen molar-refractivity contribution in [3.63, 3.8) is 0 Å². The maximum absolute atomic E-state index is 12.5. The number of hydrogen-bond donors (Lipinski definition) is 0. The van der Waals surface area contributed by atoms with Crippen molar-refractivity contribution in [2.45, 2.75) is 6.61 Å². The van der Waals surface area contributed by atoms with Gasteiger partial charge < -0.3 is 4.74 Å². The molecule has 1 heterocycles. The second-order valence-electron chi connectivity index (χ2n) is 6.42. The highest BCUT2D eigenvalue weighted by atomic mass is 79.9. The van der Waals surface area contributed by atoms with Crippen LogP contribution in [0.5, 0.6) is 5.75 Å². The van der Waals surface area contributed by atoms with Gasteiger partial charge in [0, 0.05) is 14.1 Å². The number of thiocarbonyl (C=S) groups is 1. The third-order valence-electron chi connectivity index (χ3n) is 4.34. The van der Waals surface area contributed by atoms with Crippen LogP contribution in [0.2, 0.25) is 15.1 Å². The third kappa shape index (κ3) is 4.65. The van der Waals surface area contributed by atoms with Crippen molar-refractivity contribution in [2.24, 2.45) is 0 Å². The van der Waals surface area contributed by atoms with Crippen LogP contribution in [-0.2, 0) is 16.2 Å². The molecule has 0 atom stereocenters. The molecule has 0 aromatic heterocycles. The predicted octanol–water partition coefficient (Wildman–Crippen LogP) is 5.59. The molecule has 1 aliphatic rings. The van der Waals surface area contributed by atoms with Crippen LogP contribution < -0.4 is 4.74 Å². The molecule has 0 spiro atoms. The van der Waals surface area contributed by atoms with Crippen LogP contribution in [-0.4, -0.2) is 40.8 Å². The van der Waals surface area contributed by atoms with Gasteiger partial charge in [-0.3, -0.25) is 19.4 Å². The van der Waals surface area contributed by atoms with Gasteiger partial charge in [-0.05, 0) is 69.6 Å². The number of likely N-dealkylation sites (N-methyl/N-ethyl adjacent to an activating group) is 2. The van der Waals surface area contributed by atoms with Gasteiger partial charge >= 0.3 is 0 Å². The maximum atomic E-state index is 12.5. The SMILES string of the molecule is CN1C(=O)C(=Cc2cc(Cl)c(OCc3ccc(Cl)c(Cl)c3)c(Br)c2)C(=O)N(C)C1=S. The Kier molecular flexibility index (Phi) is 7.09. The van der Waals surface area contributed by atoms with Gasteiger partial charge in [-0.25, -0.2) is 0 Å². The summed E-state index contributed by atoms with van der Waals surface area (Å²) in [6.07, 6.45) is 1.47. The summed E-state index contributed by atoms with van der Waals surface area (Å²) in [6.45, 7) is 0.222. The molecule has 2 amide bonds. The largest absolute Gasteiger partial charge is 0.486 e. The van der Waals surface area contributed by atoms with Gasteiger partial charge in [0.2, 0.25) is 0 Å². The molecular weight excluding hydrogens is 535 g/mol. The summed E-state index contributed by atoms with van der Waals surface area (Å²) in [7, 11) is 3.04. The van der Waals surface area contributed by atoms with Crippen LogP contribution in [0.25, 0.3) is 6.08 Å². The summed E-state index contributed by atoms with van der Waals surface area (Å²) in [4.78, 5) is 27.4. The molecule has 0 radical (unpaired) electrons. The van der Waals surface area contributed by atoms with Crippen LogP contribution in [0.1, 0.15) is 11.1 Å². The van der Waals surface area contributed by atoms with Crippen molar-refractivity contribution in [1.82, 2.24) is 9.80 Å². The second-order valence-corrected chi connectivity index (χ2v) is 8.86. The zero-order valence-corrected chi connectivity index (χ0v) is 20.4. The molecule has 0 saturated carbocycles. The molecule has 156 valence electrons. The summed E-state index contributed by atoms with van der Waals surface area (Å²) in [5.41, 5.74) is 1.36.